The van der Waals surface area contributed by atoms with Gasteiger partial charge < -0.3 is 4.74 Å². The lowest BCUT2D eigenvalue weighted by molar-refractivity contribution is 0.149. The summed E-state index contributed by atoms with van der Waals surface area (Å²) in [6.45, 7) is 2.13. The molecule has 0 bridgehead atoms. The van der Waals surface area contributed by atoms with E-state index in [9.17, 15) is 0 Å². The molecule has 0 amide bonds. The van der Waals surface area contributed by atoms with Gasteiger partial charge >= 0.3 is 0 Å². The summed E-state index contributed by atoms with van der Waals surface area (Å²) in [4.78, 5) is 0. The highest BCUT2D eigenvalue weighted by Crippen LogP contribution is 2.49. The molecule has 0 unspecified atom stereocenters. The molecule has 2 aromatic carbocycles. The zero-order chi connectivity index (χ0) is 15.4. The minimum atomic E-state index is -0.492. The Morgan fingerprint density at radius 3 is 1.95 bits per heavy atom. The first kappa shape index (κ1) is 15.2. The van der Waals surface area contributed by atoms with E-state index >= 15 is 0 Å². The molecule has 1 atom stereocenters. The number of allylic oxidation sites excluding steroid dienone is 2. The molecule has 0 radical (unpaired) electrons. The van der Waals surface area contributed by atoms with E-state index in [2.05, 4.69) is 79.7 Å². The van der Waals surface area contributed by atoms with Crippen LogP contribution >= 0.6 is 7.92 Å². The topological polar surface area (TPSA) is 9.23 Å². The van der Waals surface area contributed by atoms with Crippen LogP contribution in [0.1, 0.15) is 13.3 Å². The van der Waals surface area contributed by atoms with Crippen molar-refractivity contribution in [3.63, 3.8) is 0 Å². The van der Waals surface area contributed by atoms with Gasteiger partial charge in [-0.3, -0.25) is 0 Å². The zero-order valence-corrected chi connectivity index (χ0v) is 14.0. The van der Waals surface area contributed by atoms with Crippen molar-refractivity contribution in [1.82, 2.24) is 0 Å². The van der Waals surface area contributed by atoms with Crippen LogP contribution < -0.4 is 10.6 Å². The molecule has 0 N–H and O–H groups in total. The van der Waals surface area contributed by atoms with Crippen LogP contribution in [0.5, 0.6) is 0 Å². The van der Waals surface area contributed by atoms with Crippen LogP contribution in [0.15, 0.2) is 83.7 Å². The molecule has 2 aromatic rings. The molecule has 1 nitrogen and oxygen atoms in total. The first-order valence-electron chi connectivity index (χ1n) is 7.64. The maximum atomic E-state index is 5.59. The van der Waals surface area contributed by atoms with Gasteiger partial charge in [0.05, 0.1) is 6.10 Å². The van der Waals surface area contributed by atoms with Gasteiger partial charge in [-0.25, -0.2) is 0 Å². The van der Waals surface area contributed by atoms with Crippen molar-refractivity contribution in [2.45, 2.75) is 19.4 Å². The average molecular weight is 308 g/mol. The third kappa shape index (κ3) is 3.06. The second kappa shape index (κ2) is 7.05. The van der Waals surface area contributed by atoms with Gasteiger partial charge in [0.2, 0.25) is 0 Å². The van der Waals surface area contributed by atoms with E-state index in [1.807, 2.05) is 0 Å². The highest BCUT2D eigenvalue weighted by molar-refractivity contribution is 7.76. The Kier molecular flexibility index (Phi) is 4.87. The molecule has 2 heteroatoms. The molecule has 0 aromatic heterocycles. The number of benzene rings is 2. The Morgan fingerprint density at radius 1 is 0.909 bits per heavy atom. The van der Waals surface area contributed by atoms with Gasteiger partial charge in [-0.2, -0.15) is 0 Å². The normalized spacial score (nSPS) is 15.6. The summed E-state index contributed by atoms with van der Waals surface area (Å²) >= 11 is 0. The van der Waals surface area contributed by atoms with Crippen molar-refractivity contribution in [2.75, 3.05) is 7.11 Å². The van der Waals surface area contributed by atoms with Crippen molar-refractivity contribution in [3.8, 4) is 0 Å². The summed E-state index contributed by atoms with van der Waals surface area (Å²) in [7, 11) is 1.29. The molecular weight excluding hydrogens is 287 g/mol. The van der Waals surface area contributed by atoms with Crippen LogP contribution in [-0.4, -0.2) is 13.2 Å². The van der Waals surface area contributed by atoms with Crippen LogP contribution in [0.2, 0.25) is 0 Å². The molecule has 112 valence electrons. The fourth-order valence-corrected chi connectivity index (χ4v) is 5.51. The summed E-state index contributed by atoms with van der Waals surface area (Å²) in [6.07, 6.45) is 5.68. The van der Waals surface area contributed by atoms with Gasteiger partial charge in [0, 0.05) is 7.11 Å². The lowest BCUT2D eigenvalue weighted by atomic mass is 10.2. The van der Waals surface area contributed by atoms with E-state index in [0.29, 0.717) is 0 Å². The molecule has 0 saturated heterocycles. The van der Waals surface area contributed by atoms with Crippen LogP contribution in [0, 0.1) is 0 Å². The maximum Gasteiger partial charge on any atom is 0.0796 e. The first-order chi connectivity index (χ1) is 10.8. The SMILES string of the molecule is CO[C@H](C)C1=C(P(c2ccccc2)c2ccccc2)CC=C1. The Bertz CT molecular complexity index is 634. The van der Waals surface area contributed by atoms with Gasteiger partial charge in [0.1, 0.15) is 0 Å². The Morgan fingerprint density at radius 2 is 1.45 bits per heavy atom. The number of methoxy groups -OCH3 is 1. The van der Waals surface area contributed by atoms with Gasteiger partial charge in [-0.05, 0) is 42.8 Å². The summed E-state index contributed by atoms with van der Waals surface area (Å²) in [5.41, 5.74) is 1.35. The van der Waals surface area contributed by atoms with Crippen LogP contribution in [0.4, 0.5) is 0 Å². The fourth-order valence-electron chi connectivity index (χ4n) is 2.84. The molecule has 1 aliphatic rings. The number of hydrogen-bond donors (Lipinski definition) is 0. The minimum absolute atomic E-state index is 0.145. The van der Waals surface area contributed by atoms with Crippen molar-refractivity contribution >= 4 is 18.5 Å². The predicted octanol–water partition coefficient (Wildman–Crippen LogP) is 4.37. The van der Waals surface area contributed by atoms with E-state index in [1.54, 1.807) is 7.11 Å². The van der Waals surface area contributed by atoms with E-state index in [0.717, 1.165) is 6.42 Å². The van der Waals surface area contributed by atoms with Gasteiger partial charge in [-0.15, -0.1) is 0 Å². The summed E-state index contributed by atoms with van der Waals surface area (Å²) in [5.74, 6) is 0. The highest BCUT2D eigenvalue weighted by atomic mass is 31.1. The Hall–Kier alpha value is -1.69. The molecule has 0 fully saturated rings. The third-order valence-electron chi connectivity index (χ3n) is 4.03. The number of ether oxygens (including phenoxy) is 1. The summed E-state index contributed by atoms with van der Waals surface area (Å²) in [6, 6.07) is 21.7. The monoisotopic (exact) mass is 308 g/mol. The lowest BCUT2D eigenvalue weighted by Crippen LogP contribution is -2.15. The largest absolute Gasteiger partial charge is 0.377 e. The molecule has 0 aliphatic heterocycles. The first-order valence-corrected chi connectivity index (χ1v) is 8.98. The van der Waals surface area contributed by atoms with E-state index in [-0.39, 0.29) is 6.10 Å². The second-order valence-corrected chi connectivity index (χ2v) is 7.64. The molecule has 0 saturated carbocycles. The van der Waals surface area contributed by atoms with Crippen LogP contribution in [0.3, 0.4) is 0 Å². The maximum absolute atomic E-state index is 5.59. The van der Waals surface area contributed by atoms with Crippen molar-refractivity contribution in [2.24, 2.45) is 0 Å². The molecule has 0 heterocycles. The fraction of sp³-hybridized carbons (Fsp3) is 0.200. The highest BCUT2D eigenvalue weighted by Gasteiger charge is 2.25. The Balaban J connectivity index is 2.11. The Labute approximate surface area is 134 Å². The third-order valence-corrected chi connectivity index (χ3v) is 6.64. The van der Waals surface area contributed by atoms with Crippen molar-refractivity contribution < 1.29 is 4.74 Å². The van der Waals surface area contributed by atoms with E-state index in [1.165, 1.54) is 21.5 Å². The van der Waals surface area contributed by atoms with Gasteiger partial charge in [0.15, 0.2) is 0 Å². The van der Waals surface area contributed by atoms with Crippen LogP contribution in [-0.2, 0) is 4.74 Å². The molecule has 1 aliphatic carbocycles. The van der Waals surface area contributed by atoms with E-state index < -0.39 is 7.92 Å². The second-order valence-electron chi connectivity index (χ2n) is 5.39. The van der Waals surface area contributed by atoms with Gasteiger partial charge in [-0.1, -0.05) is 72.8 Å². The smallest absolute Gasteiger partial charge is 0.0796 e. The van der Waals surface area contributed by atoms with Crippen molar-refractivity contribution in [1.29, 1.82) is 0 Å². The van der Waals surface area contributed by atoms with Crippen LogP contribution in [0.25, 0.3) is 0 Å². The molecular formula is C20H21OP. The zero-order valence-electron chi connectivity index (χ0n) is 13.1. The van der Waals surface area contributed by atoms with Gasteiger partial charge in [0.25, 0.3) is 0 Å². The molecule has 22 heavy (non-hydrogen) atoms. The number of hydrogen-bond acceptors (Lipinski definition) is 1. The summed E-state index contributed by atoms with van der Waals surface area (Å²) in [5, 5.41) is 4.33. The quantitative estimate of drug-likeness (QED) is 0.745. The molecule has 3 rings (SSSR count). The number of rotatable bonds is 5. The standard InChI is InChI=1S/C20H21OP/c1-16(21-2)19-14-9-15-20(19)22(17-10-5-3-6-11-17)18-12-7-4-8-13-18/h3-14,16H,15H2,1-2H3/t16-/m1/s1. The summed E-state index contributed by atoms with van der Waals surface area (Å²) < 4.78 is 5.59. The van der Waals surface area contributed by atoms with E-state index in [4.69, 9.17) is 4.74 Å². The molecule has 0 spiro atoms. The minimum Gasteiger partial charge on any atom is -0.377 e. The van der Waals surface area contributed by atoms with Crippen molar-refractivity contribution in [3.05, 3.63) is 83.7 Å². The predicted molar refractivity (Wildman–Crippen MR) is 96.3 cm³/mol. The average Bonchev–Trinajstić information content (AvgIpc) is 3.06. The lowest BCUT2D eigenvalue weighted by Gasteiger charge is -2.23.